The van der Waals surface area contributed by atoms with Gasteiger partial charge in [0.25, 0.3) is 11.6 Å². The van der Waals surface area contributed by atoms with Crippen molar-refractivity contribution in [3.63, 3.8) is 0 Å². The second-order valence-electron chi connectivity index (χ2n) is 6.01. The summed E-state index contributed by atoms with van der Waals surface area (Å²) in [5.74, 6) is -2.03. The lowest BCUT2D eigenvalue weighted by atomic mass is 10.1. The molecule has 0 spiro atoms. The lowest BCUT2D eigenvalue weighted by Crippen LogP contribution is -2.22. The molecule has 0 unspecified atom stereocenters. The maximum atomic E-state index is 13.6. The van der Waals surface area contributed by atoms with E-state index in [2.05, 4.69) is 5.32 Å². The van der Waals surface area contributed by atoms with Gasteiger partial charge in [0.1, 0.15) is 5.69 Å². The second-order valence-corrected chi connectivity index (χ2v) is 6.01. The van der Waals surface area contributed by atoms with Gasteiger partial charge in [-0.15, -0.1) is 0 Å². The summed E-state index contributed by atoms with van der Waals surface area (Å²) in [6.45, 7) is 2.77. The number of rotatable bonds is 7. The van der Waals surface area contributed by atoms with Crippen molar-refractivity contribution in [2.75, 3.05) is 19.0 Å². The maximum Gasteiger partial charge on any atom is 0.310 e. The molecule has 2 rings (SSSR count). The van der Waals surface area contributed by atoms with Gasteiger partial charge in [0.15, 0.2) is 18.2 Å². The number of nitrogens with one attached hydrogen (secondary N) is 1. The Balaban J connectivity index is 1.97. The minimum absolute atomic E-state index is 0.0478. The van der Waals surface area contributed by atoms with E-state index in [0.717, 1.165) is 11.6 Å². The summed E-state index contributed by atoms with van der Waals surface area (Å²) in [7, 11) is 1.32. The Morgan fingerprint density at radius 2 is 1.93 bits per heavy atom. The molecule has 0 fully saturated rings. The number of nitro groups is 1. The summed E-state index contributed by atoms with van der Waals surface area (Å²) in [5, 5.41) is 13.5. The molecule has 1 N–H and O–H groups in total. The van der Waals surface area contributed by atoms with Gasteiger partial charge in [-0.2, -0.15) is 0 Å². The van der Waals surface area contributed by atoms with Crippen LogP contribution in [0.25, 0.3) is 0 Å². The van der Waals surface area contributed by atoms with E-state index in [1.54, 1.807) is 19.9 Å². The fraction of sp³-hybridized carbons (Fsp3) is 0.263. The largest absolute Gasteiger partial charge is 0.494 e. The van der Waals surface area contributed by atoms with Crippen LogP contribution in [0.15, 0.2) is 30.3 Å². The third-order valence-corrected chi connectivity index (χ3v) is 4.10. The van der Waals surface area contributed by atoms with Gasteiger partial charge >= 0.3 is 5.97 Å². The number of esters is 1. The average Bonchev–Trinajstić information content (AvgIpc) is 2.64. The van der Waals surface area contributed by atoms with E-state index in [4.69, 9.17) is 9.47 Å². The Hall–Kier alpha value is -3.49. The monoisotopic (exact) mass is 390 g/mol. The fourth-order valence-electron chi connectivity index (χ4n) is 2.47. The Labute approximate surface area is 160 Å². The van der Waals surface area contributed by atoms with Crippen LogP contribution in [0.5, 0.6) is 5.75 Å². The van der Waals surface area contributed by atoms with E-state index in [1.807, 2.05) is 0 Å². The summed E-state index contributed by atoms with van der Waals surface area (Å²) >= 11 is 0. The number of hydrogen-bond acceptors (Lipinski definition) is 6. The first kappa shape index (κ1) is 20.8. The van der Waals surface area contributed by atoms with E-state index < -0.39 is 29.2 Å². The number of hydrogen-bond donors (Lipinski definition) is 1. The standard InChI is InChI=1S/C19H19FN2O6/c1-11-4-6-15(22(25)26)19(12(11)2)21-17(23)10-28-18(24)9-13-5-7-16(27-3)14(20)8-13/h4-8H,9-10H2,1-3H3,(H,21,23). The number of nitrogens with zero attached hydrogens (tertiary/aromatic N) is 1. The first-order chi connectivity index (χ1) is 13.2. The fourth-order valence-corrected chi connectivity index (χ4v) is 2.47. The van der Waals surface area contributed by atoms with Gasteiger partial charge in [0, 0.05) is 6.07 Å². The highest BCUT2D eigenvalue weighted by molar-refractivity contribution is 5.96. The lowest BCUT2D eigenvalue weighted by Gasteiger charge is -2.11. The van der Waals surface area contributed by atoms with E-state index >= 15 is 0 Å². The molecule has 8 nitrogen and oxygen atoms in total. The maximum absolute atomic E-state index is 13.6. The molecule has 0 aliphatic carbocycles. The van der Waals surface area contributed by atoms with E-state index in [-0.39, 0.29) is 23.5 Å². The van der Waals surface area contributed by atoms with Crippen molar-refractivity contribution in [2.45, 2.75) is 20.3 Å². The molecule has 0 atom stereocenters. The van der Waals surface area contributed by atoms with Crippen LogP contribution in [0.2, 0.25) is 0 Å². The molecular weight excluding hydrogens is 371 g/mol. The van der Waals surface area contributed by atoms with Crippen molar-refractivity contribution >= 4 is 23.3 Å². The van der Waals surface area contributed by atoms with Crippen molar-refractivity contribution in [3.8, 4) is 5.75 Å². The van der Waals surface area contributed by atoms with Crippen molar-refractivity contribution in [3.05, 3.63) is 63.0 Å². The summed E-state index contributed by atoms with van der Waals surface area (Å²) < 4.78 is 23.3. The number of methoxy groups -OCH3 is 1. The number of benzene rings is 2. The van der Waals surface area contributed by atoms with Crippen molar-refractivity contribution in [1.82, 2.24) is 0 Å². The highest BCUT2D eigenvalue weighted by atomic mass is 19.1. The second kappa shape index (κ2) is 8.94. The summed E-state index contributed by atoms with van der Waals surface area (Å²) in [6, 6.07) is 6.89. The SMILES string of the molecule is COc1ccc(CC(=O)OCC(=O)Nc2c([N+](=O)[O-])ccc(C)c2C)cc1F. The first-order valence-corrected chi connectivity index (χ1v) is 8.25. The van der Waals surface area contributed by atoms with Crippen LogP contribution < -0.4 is 10.1 Å². The summed E-state index contributed by atoms with van der Waals surface area (Å²) in [6.07, 6.45) is -0.238. The van der Waals surface area contributed by atoms with Gasteiger partial charge in [-0.25, -0.2) is 4.39 Å². The Kier molecular flexibility index (Phi) is 6.64. The first-order valence-electron chi connectivity index (χ1n) is 8.25. The van der Waals surface area contributed by atoms with Crippen molar-refractivity contribution in [1.29, 1.82) is 0 Å². The highest BCUT2D eigenvalue weighted by Crippen LogP contribution is 2.30. The molecule has 0 aliphatic heterocycles. The molecule has 0 heterocycles. The molecule has 2 aromatic carbocycles. The molecule has 0 radical (unpaired) electrons. The van der Waals surface area contributed by atoms with Crippen LogP contribution in [0.1, 0.15) is 16.7 Å². The van der Waals surface area contributed by atoms with Gasteiger partial charge in [0.05, 0.1) is 18.5 Å². The van der Waals surface area contributed by atoms with Crippen molar-refractivity contribution < 1.29 is 28.4 Å². The van der Waals surface area contributed by atoms with Crippen LogP contribution >= 0.6 is 0 Å². The third kappa shape index (κ3) is 5.03. The number of halogens is 1. The molecule has 148 valence electrons. The number of nitro benzene ring substituents is 1. The molecular formula is C19H19FN2O6. The zero-order valence-electron chi connectivity index (χ0n) is 15.6. The number of carbonyl (C=O) groups excluding carboxylic acids is 2. The Morgan fingerprint density at radius 1 is 1.21 bits per heavy atom. The molecule has 2 aromatic rings. The zero-order chi connectivity index (χ0) is 20.8. The van der Waals surface area contributed by atoms with E-state index in [9.17, 15) is 24.1 Å². The predicted octanol–water partition coefficient (Wildman–Crippen LogP) is 3.08. The Bertz CT molecular complexity index is 929. The molecule has 0 bridgehead atoms. The van der Waals surface area contributed by atoms with Gasteiger partial charge in [-0.3, -0.25) is 19.7 Å². The number of anilines is 1. The lowest BCUT2D eigenvalue weighted by molar-refractivity contribution is -0.384. The predicted molar refractivity (Wildman–Crippen MR) is 98.8 cm³/mol. The van der Waals surface area contributed by atoms with Crippen molar-refractivity contribution in [2.24, 2.45) is 0 Å². The number of amides is 1. The van der Waals surface area contributed by atoms with Crippen LogP contribution in [0.4, 0.5) is 15.8 Å². The summed E-state index contributed by atoms with van der Waals surface area (Å²) in [5.41, 5.74) is 1.47. The molecule has 9 heteroatoms. The molecule has 28 heavy (non-hydrogen) atoms. The smallest absolute Gasteiger partial charge is 0.310 e. The van der Waals surface area contributed by atoms with Crippen LogP contribution in [0.3, 0.4) is 0 Å². The van der Waals surface area contributed by atoms with Crippen LogP contribution in [0, 0.1) is 29.8 Å². The van der Waals surface area contributed by atoms with Crippen LogP contribution in [-0.4, -0.2) is 30.5 Å². The normalized spacial score (nSPS) is 10.3. The number of carbonyl (C=O) groups is 2. The molecule has 0 aliphatic rings. The highest BCUT2D eigenvalue weighted by Gasteiger charge is 2.20. The average molecular weight is 390 g/mol. The van der Waals surface area contributed by atoms with Crippen LogP contribution in [-0.2, 0) is 20.7 Å². The molecule has 0 saturated heterocycles. The van der Waals surface area contributed by atoms with E-state index in [0.29, 0.717) is 11.1 Å². The Morgan fingerprint density at radius 3 is 2.54 bits per heavy atom. The minimum atomic E-state index is -0.741. The van der Waals surface area contributed by atoms with Gasteiger partial charge in [-0.1, -0.05) is 12.1 Å². The van der Waals surface area contributed by atoms with Gasteiger partial charge < -0.3 is 14.8 Å². The molecule has 0 saturated carbocycles. The minimum Gasteiger partial charge on any atom is -0.494 e. The zero-order valence-corrected chi connectivity index (χ0v) is 15.6. The topological polar surface area (TPSA) is 108 Å². The molecule has 1 amide bonds. The summed E-state index contributed by atoms with van der Waals surface area (Å²) in [4.78, 5) is 34.5. The third-order valence-electron chi connectivity index (χ3n) is 4.10. The van der Waals surface area contributed by atoms with E-state index in [1.165, 1.54) is 25.3 Å². The quantitative estimate of drug-likeness (QED) is 0.442. The number of ether oxygens (including phenoxy) is 2. The van der Waals surface area contributed by atoms with Gasteiger partial charge in [0.2, 0.25) is 0 Å². The number of aryl methyl sites for hydroxylation is 1. The van der Waals surface area contributed by atoms with Gasteiger partial charge in [-0.05, 0) is 42.7 Å². The molecule has 0 aromatic heterocycles.